The quantitative estimate of drug-likeness (QED) is 0.539. The van der Waals surface area contributed by atoms with E-state index < -0.39 is 23.7 Å². The minimum atomic E-state index is -4.69. The Morgan fingerprint density at radius 3 is 2.14 bits per heavy atom. The highest BCUT2D eigenvalue weighted by molar-refractivity contribution is 6.43. The second kappa shape index (κ2) is 5.81. The molecule has 0 aliphatic carbocycles. The second-order valence-electron chi connectivity index (χ2n) is 4.20. The first kappa shape index (κ1) is 16.0. The van der Waals surface area contributed by atoms with Crippen LogP contribution in [0.5, 0.6) is 0 Å². The molecule has 0 nitrogen and oxygen atoms in total. The average molecular weight is 341 g/mol. The number of hydrogen-bond acceptors (Lipinski definition) is 0. The van der Waals surface area contributed by atoms with Gasteiger partial charge in [0.05, 0.1) is 15.6 Å². The molecule has 0 saturated heterocycles. The van der Waals surface area contributed by atoms with Crippen molar-refractivity contribution < 1.29 is 22.0 Å². The van der Waals surface area contributed by atoms with Crippen molar-refractivity contribution in [3.05, 3.63) is 57.6 Å². The summed E-state index contributed by atoms with van der Waals surface area (Å²) in [5.41, 5.74) is -1.80. The third-order valence-corrected chi connectivity index (χ3v) is 3.67. The van der Waals surface area contributed by atoms with E-state index in [1.54, 1.807) is 0 Å². The molecule has 0 heterocycles. The average Bonchev–Trinajstić information content (AvgIpc) is 2.40. The lowest BCUT2D eigenvalue weighted by atomic mass is 9.97. The highest BCUT2D eigenvalue weighted by atomic mass is 35.5. The lowest BCUT2D eigenvalue weighted by Crippen LogP contribution is -2.06. The molecule has 7 heteroatoms. The van der Waals surface area contributed by atoms with Gasteiger partial charge < -0.3 is 0 Å². The molecule has 0 amide bonds. The molecule has 112 valence electrons. The number of hydrogen-bond donors (Lipinski definition) is 0. The maximum Gasteiger partial charge on any atom is 0.416 e. The summed E-state index contributed by atoms with van der Waals surface area (Å²) in [6, 6.07) is 6.50. The molecule has 0 aliphatic heterocycles. The summed E-state index contributed by atoms with van der Waals surface area (Å²) in [6.07, 6.45) is -7.77. The van der Waals surface area contributed by atoms with Gasteiger partial charge >= 0.3 is 6.18 Å². The van der Waals surface area contributed by atoms with Crippen LogP contribution in [0.25, 0.3) is 11.1 Å². The zero-order valence-electron chi connectivity index (χ0n) is 10.2. The molecule has 0 N–H and O–H groups in total. The Labute approximate surface area is 127 Å². The fraction of sp³-hybridized carbons (Fsp3) is 0.143. The molecule has 0 fully saturated rings. The lowest BCUT2D eigenvalue weighted by Gasteiger charge is -2.14. The second-order valence-corrected chi connectivity index (χ2v) is 4.99. The van der Waals surface area contributed by atoms with E-state index in [9.17, 15) is 22.0 Å². The summed E-state index contributed by atoms with van der Waals surface area (Å²) in [6.45, 7) is 0. The Morgan fingerprint density at radius 2 is 1.57 bits per heavy atom. The van der Waals surface area contributed by atoms with E-state index in [1.807, 2.05) is 0 Å². The van der Waals surface area contributed by atoms with Gasteiger partial charge in [0, 0.05) is 11.1 Å². The van der Waals surface area contributed by atoms with E-state index >= 15 is 0 Å². The van der Waals surface area contributed by atoms with Crippen molar-refractivity contribution >= 4 is 23.2 Å². The van der Waals surface area contributed by atoms with Gasteiger partial charge in [-0.2, -0.15) is 13.2 Å². The highest BCUT2D eigenvalue weighted by Gasteiger charge is 2.32. The molecule has 21 heavy (non-hydrogen) atoms. The predicted molar refractivity (Wildman–Crippen MR) is 71.9 cm³/mol. The first-order chi connectivity index (χ1) is 9.71. The molecule has 0 spiro atoms. The first-order valence-corrected chi connectivity index (χ1v) is 6.41. The molecule has 0 radical (unpaired) electrons. The molecule has 2 rings (SSSR count). The van der Waals surface area contributed by atoms with Crippen LogP contribution < -0.4 is 0 Å². The Morgan fingerprint density at radius 1 is 0.905 bits per heavy atom. The lowest BCUT2D eigenvalue weighted by molar-refractivity contribution is -0.137. The van der Waals surface area contributed by atoms with Crippen molar-refractivity contribution in [2.24, 2.45) is 0 Å². The van der Waals surface area contributed by atoms with Crippen LogP contribution in [0.1, 0.15) is 17.6 Å². The van der Waals surface area contributed by atoms with E-state index in [-0.39, 0.29) is 21.2 Å². The fourth-order valence-electron chi connectivity index (χ4n) is 1.88. The molecule has 2 aromatic carbocycles. The third-order valence-electron chi connectivity index (χ3n) is 2.86. The Hall–Kier alpha value is -1.33. The third kappa shape index (κ3) is 3.30. The topological polar surface area (TPSA) is 0 Å². The van der Waals surface area contributed by atoms with Crippen LogP contribution in [0.15, 0.2) is 36.4 Å². The largest absolute Gasteiger partial charge is 0.416 e. The molecule has 0 aliphatic rings. The predicted octanol–water partition coefficient (Wildman–Crippen LogP) is 6.62. The minimum Gasteiger partial charge on any atom is -0.205 e. The van der Waals surface area contributed by atoms with Crippen LogP contribution in [-0.4, -0.2) is 0 Å². The molecule has 0 aromatic heterocycles. The smallest absolute Gasteiger partial charge is 0.205 e. The summed E-state index contributed by atoms with van der Waals surface area (Å²) in [7, 11) is 0. The number of alkyl halides is 5. The minimum absolute atomic E-state index is 0.0147. The summed E-state index contributed by atoms with van der Waals surface area (Å²) in [4.78, 5) is 0. The maximum atomic E-state index is 13.1. The van der Waals surface area contributed by atoms with E-state index in [2.05, 4.69) is 0 Å². The fourth-order valence-corrected chi connectivity index (χ4v) is 2.28. The van der Waals surface area contributed by atoms with Gasteiger partial charge in [0.2, 0.25) is 0 Å². The van der Waals surface area contributed by atoms with Crippen LogP contribution in [0.3, 0.4) is 0 Å². The van der Waals surface area contributed by atoms with Crippen LogP contribution >= 0.6 is 23.2 Å². The van der Waals surface area contributed by atoms with Gasteiger partial charge in [0.1, 0.15) is 0 Å². The maximum absolute atomic E-state index is 13.1. The van der Waals surface area contributed by atoms with Crippen molar-refractivity contribution in [2.75, 3.05) is 0 Å². The zero-order valence-corrected chi connectivity index (χ0v) is 11.7. The Bertz CT molecular complexity index is 665. The Kier molecular flexibility index (Phi) is 4.44. The van der Waals surface area contributed by atoms with Crippen molar-refractivity contribution in [3.8, 4) is 11.1 Å². The van der Waals surface area contributed by atoms with Crippen molar-refractivity contribution in [3.63, 3.8) is 0 Å². The van der Waals surface area contributed by atoms with Crippen LogP contribution in [0, 0.1) is 0 Å². The number of halogens is 7. The zero-order chi connectivity index (χ0) is 15.8. The van der Waals surface area contributed by atoms with Crippen LogP contribution in [0.2, 0.25) is 10.0 Å². The van der Waals surface area contributed by atoms with Gasteiger partial charge in [-0.1, -0.05) is 41.4 Å². The van der Waals surface area contributed by atoms with Crippen LogP contribution in [0.4, 0.5) is 22.0 Å². The van der Waals surface area contributed by atoms with Gasteiger partial charge in [0.25, 0.3) is 6.43 Å². The molecule has 0 saturated carbocycles. The number of rotatable bonds is 2. The van der Waals surface area contributed by atoms with Gasteiger partial charge in [-0.3, -0.25) is 0 Å². The summed E-state index contributed by atoms with van der Waals surface area (Å²) >= 11 is 11.7. The monoisotopic (exact) mass is 340 g/mol. The Balaban J connectivity index is 2.67. The standard InChI is InChI=1S/C14H7Cl2F5/c15-11-3-1-2-9(12(11)16)8-5-4-7(14(19,20)21)6-10(8)13(17)18/h1-6,13H. The van der Waals surface area contributed by atoms with Crippen LogP contribution in [-0.2, 0) is 6.18 Å². The molecule has 0 unspecified atom stereocenters. The van der Waals surface area contributed by atoms with E-state index in [1.165, 1.54) is 18.2 Å². The first-order valence-electron chi connectivity index (χ1n) is 5.65. The molecule has 2 aromatic rings. The SMILES string of the molecule is FC(F)c1cc(C(F)(F)F)ccc1-c1cccc(Cl)c1Cl. The number of benzene rings is 2. The molecule has 0 bridgehead atoms. The summed E-state index contributed by atoms with van der Waals surface area (Å²) < 4.78 is 64.0. The van der Waals surface area contributed by atoms with Gasteiger partial charge in [-0.05, 0) is 23.8 Å². The summed E-state index contributed by atoms with van der Waals surface area (Å²) in [5, 5.41) is 0.148. The van der Waals surface area contributed by atoms with Crippen molar-refractivity contribution in [1.29, 1.82) is 0 Å². The molecular formula is C14H7Cl2F5. The van der Waals surface area contributed by atoms with Gasteiger partial charge in [0.15, 0.2) is 0 Å². The van der Waals surface area contributed by atoms with Crippen molar-refractivity contribution in [1.82, 2.24) is 0 Å². The van der Waals surface area contributed by atoms with Crippen molar-refractivity contribution in [2.45, 2.75) is 12.6 Å². The normalized spacial score (nSPS) is 12.0. The summed E-state index contributed by atoms with van der Waals surface area (Å²) in [5.74, 6) is 0. The van der Waals surface area contributed by atoms with Gasteiger partial charge in [-0.15, -0.1) is 0 Å². The highest BCUT2D eigenvalue weighted by Crippen LogP contribution is 2.40. The van der Waals surface area contributed by atoms with E-state index in [0.717, 1.165) is 12.1 Å². The van der Waals surface area contributed by atoms with Gasteiger partial charge in [-0.25, -0.2) is 8.78 Å². The van der Waals surface area contributed by atoms with E-state index in [4.69, 9.17) is 23.2 Å². The molecule has 0 atom stereocenters. The molecular weight excluding hydrogens is 334 g/mol. The van der Waals surface area contributed by atoms with E-state index in [0.29, 0.717) is 6.07 Å².